The summed E-state index contributed by atoms with van der Waals surface area (Å²) in [7, 11) is 0. The zero-order chi connectivity index (χ0) is 16.8. The molecule has 0 saturated carbocycles. The second-order valence-electron chi connectivity index (χ2n) is 6.41. The van der Waals surface area contributed by atoms with Crippen LogP contribution < -0.4 is 5.32 Å². The third-order valence-electron chi connectivity index (χ3n) is 4.73. The SMILES string of the molecule is CC(c1cccc(C(=O)N[CH]Cc2ccccc2)c1)N1CCCC1. The van der Waals surface area contributed by atoms with E-state index in [1.165, 1.54) is 24.0 Å². The number of nitrogens with one attached hydrogen (secondary N) is 1. The van der Waals surface area contributed by atoms with Crippen LogP contribution in [0.4, 0.5) is 0 Å². The lowest BCUT2D eigenvalue weighted by molar-refractivity contribution is 0.0963. The summed E-state index contributed by atoms with van der Waals surface area (Å²) >= 11 is 0. The first-order valence-corrected chi connectivity index (χ1v) is 8.74. The fraction of sp³-hybridized carbons (Fsp3) is 0.333. The quantitative estimate of drug-likeness (QED) is 0.873. The van der Waals surface area contributed by atoms with E-state index < -0.39 is 0 Å². The van der Waals surface area contributed by atoms with E-state index in [9.17, 15) is 4.79 Å². The number of hydrogen-bond donors (Lipinski definition) is 1. The Labute approximate surface area is 144 Å². The van der Waals surface area contributed by atoms with Gasteiger partial charge in [-0.15, -0.1) is 0 Å². The molecule has 1 aliphatic rings. The Balaban J connectivity index is 1.57. The number of benzene rings is 2. The zero-order valence-electron chi connectivity index (χ0n) is 14.2. The van der Waals surface area contributed by atoms with E-state index in [1.54, 1.807) is 0 Å². The van der Waals surface area contributed by atoms with Gasteiger partial charge in [0.05, 0.1) is 6.54 Å². The van der Waals surface area contributed by atoms with Crippen molar-refractivity contribution >= 4 is 5.91 Å². The molecule has 0 bridgehead atoms. The van der Waals surface area contributed by atoms with Crippen molar-refractivity contribution in [1.29, 1.82) is 0 Å². The lowest BCUT2D eigenvalue weighted by atomic mass is 10.0. The number of nitrogens with zero attached hydrogens (tertiary/aromatic N) is 1. The van der Waals surface area contributed by atoms with Gasteiger partial charge in [0.25, 0.3) is 5.91 Å². The molecule has 1 saturated heterocycles. The largest absolute Gasteiger partial charge is 0.347 e. The van der Waals surface area contributed by atoms with Gasteiger partial charge in [0, 0.05) is 11.6 Å². The Morgan fingerprint density at radius 1 is 1.12 bits per heavy atom. The molecule has 1 aliphatic heterocycles. The molecule has 24 heavy (non-hydrogen) atoms. The van der Waals surface area contributed by atoms with Gasteiger partial charge in [-0.2, -0.15) is 0 Å². The highest BCUT2D eigenvalue weighted by Crippen LogP contribution is 2.25. The average molecular weight is 321 g/mol. The molecule has 1 radical (unpaired) electrons. The number of hydrogen-bond acceptors (Lipinski definition) is 2. The highest BCUT2D eigenvalue weighted by Gasteiger charge is 2.20. The van der Waals surface area contributed by atoms with E-state index in [2.05, 4.69) is 35.3 Å². The lowest BCUT2D eigenvalue weighted by Gasteiger charge is -2.24. The second kappa shape index (κ2) is 8.11. The molecule has 1 unspecified atom stereocenters. The predicted molar refractivity (Wildman–Crippen MR) is 97.6 cm³/mol. The predicted octanol–water partition coefficient (Wildman–Crippen LogP) is 3.98. The molecular formula is C21H25N2O. The van der Waals surface area contributed by atoms with Crippen molar-refractivity contribution in [2.24, 2.45) is 0 Å². The van der Waals surface area contributed by atoms with E-state index in [0.717, 1.165) is 25.1 Å². The number of likely N-dealkylation sites (tertiary alicyclic amines) is 1. The van der Waals surface area contributed by atoms with Gasteiger partial charge in [-0.25, -0.2) is 0 Å². The Morgan fingerprint density at radius 3 is 2.62 bits per heavy atom. The number of amides is 1. The van der Waals surface area contributed by atoms with Gasteiger partial charge in [0.1, 0.15) is 0 Å². The van der Waals surface area contributed by atoms with Crippen molar-refractivity contribution in [2.75, 3.05) is 13.1 Å². The summed E-state index contributed by atoms with van der Waals surface area (Å²) in [6.07, 6.45) is 3.29. The maximum Gasteiger partial charge on any atom is 0.251 e. The van der Waals surface area contributed by atoms with Crippen molar-refractivity contribution in [2.45, 2.75) is 32.2 Å². The van der Waals surface area contributed by atoms with E-state index >= 15 is 0 Å². The molecule has 2 aromatic carbocycles. The fourth-order valence-electron chi connectivity index (χ4n) is 3.24. The van der Waals surface area contributed by atoms with Gasteiger partial charge in [-0.1, -0.05) is 42.5 Å². The van der Waals surface area contributed by atoms with E-state index in [1.807, 2.05) is 42.9 Å². The number of rotatable bonds is 6. The molecule has 0 spiro atoms. The first kappa shape index (κ1) is 16.7. The van der Waals surface area contributed by atoms with Crippen LogP contribution in [0.15, 0.2) is 54.6 Å². The molecule has 2 aromatic rings. The Hall–Kier alpha value is -2.13. The standard InChI is InChI=1S/C21H25N2O/c1-17(23-14-5-6-15-23)19-10-7-11-20(16-19)21(24)22-13-12-18-8-3-2-4-9-18/h2-4,7-11,13,16-17H,5-6,12,14-15H2,1H3,(H,22,24). The second-order valence-corrected chi connectivity index (χ2v) is 6.41. The van der Waals surface area contributed by atoms with Crippen LogP contribution in [0, 0.1) is 6.54 Å². The Bertz CT molecular complexity index is 663. The molecular weight excluding hydrogens is 296 g/mol. The Morgan fingerprint density at radius 2 is 1.88 bits per heavy atom. The molecule has 0 aliphatic carbocycles. The number of carbonyl (C=O) groups is 1. The number of carbonyl (C=O) groups excluding carboxylic acids is 1. The van der Waals surface area contributed by atoms with Crippen molar-refractivity contribution in [3.05, 3.63) is 77.8 Å². The lowest BCUT2D eigenvalue weighted by Crippen LogP contribution is -2.24. The van der Waals surface area contributed by atoms with E-state index in [4.69, 9.17) is 0 Å². The molecule has 3 heteroatoms. The summed E-state index contributed by atoms with van der Waals surface area (Å²) in [6.45, 7) is 6.36. The molecule has 1 heterocycles. The summed E-state index contributed by atoms with van der Waals surface area (Å²) in [4.78, 5) is 14.9. The summed E-state index contributed by atoms with van der Waals surface area (Å²) in [5.41, 5.74) is 3.13. The summed E-state index contributed by atoms with van der Waals surface area (Å²) < 4.78 is 0. The summed E-state index contributed by atoms with van der Waals surface area (Å²) in [5.74, 6) is -0.0404. The van der Waals surface area contributed by atoms with Crippen LogP contribution in [-0.4, -0.2) is 23.9 Å². The van der Waals surface area contributed by atoms with Crippen molar-refractivity contribution in [3.8, 4) is 0 Å². The minimum absolute atomic E-state index is 0.0404. The molecule has 1 fully saturated rings. The molecule has 0 aromatic heterocycles. The van der Waals surface area contributed by atoms with Gasteiger partial charge >= 0.3 is 0 Å². The molecule has 1 amide bonds. The topological polar surface area (TPSA) is 32.3 Å². The average Bonchev–Trinajstić information content (AvgIpc) is 3.16. The molecule has 3 rings (SSSR count). The highest BCUT2D eigenvalue weighted by molar-refractivity contribution is 5.94. The third kappa shape index (κ3) is 4.24. The first-order valence-electron chi connectivity index (χ1n) is 8.74. The van der Waals surface area contributed by atoms with Crippen LogP contribution in [0.3, 0.4) is 0 Å². The molecule has 3 nitrogen and oxygen atoms in total. The van der Waals surface area contributed by atoms with Crippen LogP contribution in [0.5, 0.6) is 0 Å². The van der Waals surface area contributed by atoms with Crippen LogP contribution in [0.2, 0.25) is 0 Å². The molecule has 1 N–H and O–H groups in total. The van der Waals surface area contributed by atoms with Crippen molar-refractivity contribution < 1.29 is 4.79 Å². The van der Waals surface area contributed by atoms with Gasteiger partial charge in [0.2, 0.25) is 0 Å². The fourth-order valence-corrected chi connectivity index (χ4v) is 3.24. The third-order valence-corrected chi connectivity index (χ3v) is 4.73. The normalized spacial score (nSPS) is 16.0. The van der Waals surface area contributed by atoms with Gasteiger partial charge in [0.15, 0.2) is 0 Å². The highest BCUT2D eigenvalue weighted by atomic mass is 16.1. The first-order chi connectivity index (χ1) is 11.7. The Kier molecular flexibility index (Phi) is 5.65. The van der Waals surface area contributed by atoms with Crippen LogP contribution in [-0.2, 0) is 6.42 Å². The zero-order valence-corrected chi connectivity index (χ0v) is 14.2. The molecule has 125 valence electrons. The van der Waals surface area contributed by atoms with E-state index in [-0.39, 0.29) is 5.91 Å². The maximum absolute atomic E-state index is 12.4. The van der Waals surface area contributed by atoms with Crippen LogP contribution >= 0.6 is 0 Å². The van der Waals surface area contributed by atoms with Gasteiger partial charge < -0.3 is 5.32 Å². The van der Waals surface area contributed by atoms with Crippen LogP contribution in [0.1, 0.15) is 47.3 Å². The minimum Gasteiger partial charge on any atom is -0.347 e. The van der Waals surface area contributed by atoms with Crippen molar-refractivity contribution in [1.82, 2.24) is 10.2 Å². The summed E-state index contributed by atoms with van der Waals surface area (Å²) in [5, 5.41) is 2.91. The van der Waals surface area contributed by atoms with Crippen LogP contribution in [0.25, 0.3) is 0 Å². The monoisotopic (exact) mass is 321 g/mol. The molecule has 1 atom stereocenters. The smallest absolute Gasteiger partial charge is 0.251 e. The summed E-state index contributed by atoms with van der Waals surface area (Å²) in [6, 6.07) is 18.5. The van der Waals surface area contributed by atoms with Gasteiger partial charge in [-0.05, 0) is 62.5 Å². The van der Waals surface area contributed by atoms with Gasteiger partial charge in [-0.3, -0.25) is 9.69 Å². The van der Waals surface area contributed by atoms with E-state index in [0.29, 0.717) is 6.04 Å². The maximum atomic E-state index is 12.4. The minimum atomic E-state index is -0.0404. The van der Waals surface area contributed by atoms with Crippen molar-refractivity contribution in [3.63, 3.8) is 0 Å².